The summed E-state index contributed by atoms with van der Waals surface area (Å²) in [4.78, 5) is 7.07. The van der Waals surface area contributed by atoms with Crippen LogP contribution in [0.15, 0.2) is 42.9 Å². The fourth-order valence-electron chi connectivity index (χ4n) is 3.14. The Hall–Kier alpha value is -2.36. The van der Waals surface area contributed by atoms with Crippen molar-refractivity contribution in [2.24, 2.45) is 7.05 Å². The van der Waals surface area contributed by atoms with E-state index in [2.05, 4.69) is 46.3 Å². The zero-order valence-corrected chi connectivity index (χ0v) is 13.0. The van der Waals surface area contributed by atoms with Crippen LogP contribution in [-0.2, 0) is 7.05 Å². The molecule has 2 heterocycles. The molecule has 0 radical (unpaired) electrons. The number of aromatic nitrogens is 3. The highest BCUT2D eigenvalue weighted by molar-refractivity contribution is 5.94. The molecule has 0 bridgehead atoms. The standard InChI is InChI=1S/C18H20N4/c1-21-12-14(11-20-21)13-9-16-17(19-10-13)7-4-8-18(16)22(2)15-5-3-6-15/h4,7-12,15H,3,5-6H2,1-2H3. The summed E-state index contributed by atoms with van der Waals surface area (Å²) >= 11 is 0. The minimum Gasteiger partial charge on any atom is -0.371 e. The van der Waals surface area contributed by atoms with E-state index < -0.39 is 0 Å². The number of fused-ring (bicyclic) bond motifs is 1. The monoisotopic (exact) mass is 292 g/mol. The van der Waals surface area contributed by atoms with Gasteiger partial charge in [-0.2, -0.15) is 5.10 Å². The molecular weight excluding hydrogens is 272 g/mol. The van der Waals surface area contributed by atoms with Gasteiger partial charge in [0, 0.05) is 54.7 Å². The molecule has 0 unspecified atom stereocenters. The maximum atomic E-state index is 4.65. The van der Waals surface area contributed by atoms with Crippen molar-refractivity contribution in [1.29, 1.82) is 0 Å². The van der Waals surface area contributed by atoms with Crippen molar-refractivity contribution in [2.75, 3.05) is 11.9 Å². The number of hydrogen-bond donors (Lipinski definition) is 0. The van der Waals surface area contributed by atoms with E-state index in [0.29, 0.717) is 6.04 Å². The molecule has 1 saturated carbocycles. The maximum absolute atomic E-state index is 4.65. The topological polar surface area (TPSA) is 34.0 Å². The summed E-state index contributed by atoms with van der Waals surface area (Å²) in [5, 5.41) is 5.48. The fourth-order valence-corrected chi connectivity index (χ4v) is 3.14. The summed E-state index contributed by atoms with van der Waals surface area (Å²) in [6.07, 6.45) is 9.79. The molecule has 2 aromatic heterocycles. The first-order valence-electron chi connectivity index (χ1n) is 7.83. The second-order valence-corrected chi connectivity index (χ2v) is 6.17. The van der Waals surface area contributed by atoms with Crippen molar-refractivity contribution in [3.05, 3.63) is 42.9 Å². The highest BCUT2D eigenvalue weighted by Gasteiger charge is 2.23. The average Bonchev–Trinajstić information content (AvgIpc) is 2.91. The highest BCUT2D eigenvalue weighted by atomic mass is 15.2. The molecule has 4 rings (SSSR count). The Bertz CT molecular complexity index is 817. The van der Waals surface area contributed by atoms with Gasteiger partial charge < -0.3 is 4.90 Å². The van der Waals surface area contributed by atoms with E-state index in [4.69, 9.17) is 0 Å². The van der Waals surface area contributed by atoms with Gasteiger partial charge in [-0.15, -0.1) is 0 Å². The number of hydrogen-bond acceptors (Lipinski definition) is 3. The predicted molar refractivity (Wildman–Crippen MR) is 90.0 cm³/mol. The van der Waals surface area contributed by atoms with E-state index in [1.807, 2.05) is 30.3 Å². The third kappa shape index (κ3) is 2.15. The predicted octanol–water partition coefficient (Wildman–Crippen LogP) is 3.62. The molecule has 1 aliphatic carbocycles. The highest BCUT2D eigenvalue weighted by Crippen LogP contribution is 2.34. The number of aryl methyl sites for hydroxylation is 1. The SMILES string of the molecule is CN(c1cccc2ncc(-c3cnn(C)c3)cc12)C1CCC1. The molecule has 1 fully saturated rings. The van der Waals surface area contributed by atoms with Gasteiger partial charge in [0.15, 0.2) is 0 Å². The molecule has 0 spiro atoms. The van der Waals surface area contributed by atoms with Crippen molar-refractivity contribution in [2.45, 2.75) is 25.3 Å². The van der Waals surface area contributed by atoms with Gasteiger partial charge in [-0.25, -0.2) is 0 Å². The van der Waals surface area contributed by atoms with Crippen LogP contribution >= 0.6 is 0 Å². The van der Waals surface area contributed by atoms with E-state index in [1.165, 1.54) is 30.3 Å². The van der Waals surface area contributed by atoms with E-state index in [9.17, 15) is 0 Å². The van der Waals surface area contributed by atoms with Crippen LogP contribution in [0.25, 0.3) is 22.0 Å². The van der Waals surface area contributed by atoms with Crippen molar-refractivity contribution < 1.29 is 0 Å². The van der Waals surface area contributed by atoms with Gasteiger partial charge >= 0.3 is 0 Å². The summed E-state index contributed by atoms with van der Waals surface area (Å²) < 4.78 is 1.83. The molecule has 112 valence electrons. The molecule has 0 aliphatic heterocycles. The van der Waals surface area contributed by atoms with Crippen molar-refractivity contribution in [3.63, 3.8) is 0 Å². The normalized spacial score (nSPS) is 15.0. The lowest BCUT2D eigenvalue weighted by Gasteiger charge is -2.37. The summed E-state index contributed by atoms with van der Waals surface area (Å²) in [5.41, 5.74) is 4.56. The van der Waals surface area contributed by atoms with Crippen LogP contribution in [0.3, 0.4) is 0 Å². The first-order chi connectivity index (χ1) is 10.7. The lowest BCUT2D eigenvalue weighted by atomic mass is 9.91. The maximum Gasteiger partial charge on any atom is 0.0723 e. The summed E-state index contributed by atoms with van der Waals surface area (Å²) in [5.74, 6) is 0. The summed E-state index contributed by atoms with van der Waals surface area (Å²) in [6.45, 7) is 0. The minimum atomic E-state index is 0.674. The summed E-state index contributed by atoms with van der Waals surface area (Å²) in [7, 11) is 4.14. The zero-order valence-electron chi connectivity index (χ0n) is 13.0. The second-order valence-electron chi connectivity index (χ2n) is 6.17. The van der Waals surface area contributed by atoms with Crippen LogP contribution in [0.4, 0.5) is 5.69 Å². The number of pyridine rings is 1. The first kappa shape index (κ1) is 13.3. The number of anilines is 1. The molecule has 3 aromatic rings. The molecule has 1 aromatic carbocycles. The van der Waals surface area contributed by atoms with Gasteiger partial charge in [-0.3, -0.25) is 9.67 Å². The van der Waals surface area contributed by atoms with Gasteiger partial charge in [-0.05, 0) is 37.5 Å². The molecule has 0 N–H and O–H groups in total. The van der Waals surface area contributed by atoms with Crippen LogP contribution in [0, 0.1) is 0 Å². The van der Waals surface area contributed by atoms with Crippen LogP contribution in [0.1, 0.15) is 19.3 Å². The van der Waals surface area contributed by atoms with Gasteiger partial charge in [-0.1, -0.05) is 6.07 Å². The Morgan fingerprint density at radius 2 is 2.05 bits per heavy atom. The van der Waals surface area contributed by atoms with Gasteiger partial charge in [0.25, 0.3) is 0 Å². The third-order valence-electron chi connectivity index (χ3n) is 4.74. The zero-order chi connectivity index (χ0) is 15.1. The molecule has 4 nitrogen and oxygen atoms in total. The molecule has 1 aliphatic rings. The molecule has 0 atom stereocenters. The fraction of sp³-hybridized carbons (Fsp3) is 0.333. The van der Waals surface area contributed by atoms with E-state index in [0.717, 1.165) is 16.6 Å². The van der Waals surface area contributed by atoms with Crippen LogP contribution in [-0.4, -0.2) is 27.9 Å². The number of rotatable bonds is 3. The first-order valence-corrected chi connectivity index (χ1v) is 7.83. The molecule has 0 saturated heterocycles. The average molecular weight is 292 g/mol. The van der Waals surface area contributed by atoms with E-state index in [-0.39, 0.29) is 0 Å². The number of nitrogens with zero attached hydrogens (tertiary/aromatic N) is 4. The minimum absolute atomic E-state index is 0.674. The Morgan fingerprint density at radius 3 is 2.73 bits per heavy atom. The smallest absolute Gasteiger partial charge is 0.0723 e. The van der Waals surface area contributed by atoms with Crippen molar-refractivity contribution in [1.82, 2.24) is 14.8 Å². The lowest BCUT2D eigenvalue weighted by Crippen LogP contribution is -2.37. The molecule has 4 heteroatoms. The van der Waals surface area contributed by atoms with Gasteiger partial charge in [0.05, 0.1) is 11.7 Å². The van der Waals surface area contributed by atoms with Crippen molar-refractivity contribution >= 4 is 16.6 Å². The largest absolute Gasteiger partial charge is 0.371 e. The molecule has 0 amide bonds. The van der Waals surface area contributed by atoms with E-state index >= 15 is 0 Å². The van der Waals surface area contributed by atoms with Crippen LogP contribution in [0.5, 0.6) is 0 Å². The Morgan fingerprint density at radius 1 is 1.18 bits per heavy atom. The molecular formula is C18H20N4. The van der Waals surface area contributed by atoms with Crippen molar-refractivity contribution in [3.8, 4) is 11.1 Å². The van der Waals surface area contributed by atoms with Crippen LogP contribution < -0.4 is 4.90 Å². The van der Waals surface area contributed by atoms with E-state index in [1.54, 1.807) is 0 Å². The summed E-state index contributed by atoms with van der Waals surface area (Å²) in [6, 6.07) is 9.30. The van der Waals surface area contributed by atoms with Gasteiger partial charge in [0.1, 0.15) is 0 Å². The quantitative estimate of drug-likeness (QED) is 0.739. The number of benzene rings is 1. The Balaban J connectivity index is 1.83. The Labute approximate surface area is 130 Å². The lowest BCUT2D eigenvalue weighted by molar-refractivity contribution is 0.402. The molecule has 22 heavy (non-hydrogen) atoms. The third-order valence-corrected chi connectivity index (χ3v) is 4.74. The van der Waals surface area contributed by atoms with Gasteiger partial charge in [0.2, 0.25) is 0 Å². The second kappa shape index (κ2) is 5.13. The van der Waals surface area contributed by atoms with Crippen LogP contribution in [0.2, 0.25) is 0 Å². The Kier molecular flexibility index (Phi) is 3.10.